The highest BCUT2D eigenvalue weighted by Gasteiger charge is 2.16. The van der Waals surface area contributed by atoms with E-state index in [1.807, 2.05) is 0 Å². The van der Waals surface area contributed by atoms with Crippen molar-refractivity contribution in [3.63, 3.8) is 0 Å². The molecule has 23 heavy (non-hydrogen) atoms. The quantitative estimate of drug-likeness (QED) is 0.604. The summed E-state index contributed by atoms with van der Waals surface area (Å²) < 4.78 is 15.2. The molecule has 2 rings (SSSR count). The number of hydrogen-bond acceptors (Lipinski definition) is 8. The Morgan fingerprint density at radius 2 is 1.87 bits per heavy atom. The molecule has 0 unspecified atom stereocenters. The van der Waals surface area contributed by atoms with E-state index >= 15 is 0 Å². The van der Waals surface area contributed by atoms with Crippen LogP contribution in [0.3, 0.4) is 0 Å². The highest BCUT2D eigenvalue weighted by atomic mass is 32.2. The Morgan fingerprint density at radius 1 is 1.26 bits per heavy atom. The predicted molar refractivity (Wildman–Crippen MR) is 81.7 cm³/mol. The van der Waals surface area contributed by atoms with Crippen LogP contribution in [-0.4, -0.2) is 40.6 Å². The van der Waals surface area contributed by atoms with Crippen molar-refractivity contribution in [2.24, 2.45) is 0 Å². The van der Waals surface area contributed by atoms with Gasteiger partial charge in [-0.15, -0.1) is 10.2 Å². The lowest BCUT2D eigenvalue weighted by Gasteiger charge is -2.09. The fraction of sp³-hybridized carbons (Fsp3) is 0.214. The third-order valence-corrected chi connectivity index (χ3v) is 3.57. The Morgan fingerprint density at radius 3 is 2.30 bits per heavy atom. The molecule has 122 valence electrons. The molecule has 1 aromatic heterocycles. The first-order chi connectivity index (χ1) is 10.9. The van der Waals surface area contributed by atoms with Crippen LogP contribution < -0.4 is 9.47 Å². The maximum absolute atomic E-state index is 11.4. The summed E-state index contributed by atoms with van der Waals surface area (Å²) >= 11 is 0.821. The van der Waals surface area contributed by atoms with Crippen molar-refractivity contribution in [2.45, 2.75) is 12.1 Å². The molecule has 0 spiro atoms. The minimum atomic E-state index is -1.16. The molecule has 9 heteroatoms. The molecule has 1 heterocycles. The first-order valence-corrected chi connectivity index (χ1v) is 7.14. The van der Waals surface area contributed by atoms with E-state index in [0.717, 1.165) is 11.8 Å². The second-order valence-electron chi connectivity index (χ2n) is 4.28. The number of aromatic hydroxyl groups is 1. The molecule has 2 aromatic rings. The molecule has 8 nitrogen and oxygen atoms in total. The lowest BCUT2D eigenvalue weighted by atomic mass is 10.1. The summed E-state index contributed by atoms with van der Waals surface area (Å²) in [6, 6.07) is 2.97. The van der Waals surface area contributed by atoms with Gasteiger partial charge < -0.3 is 24.1 Å². The smallest absolute Gasteiger partial charge is 0.342 e. The minimum Gasteiger partial charge on any atom is -0.502 e. The monoisotopic (exact) mass is 338 g/mol. The van der Waals surface area contributed by atoms with Crippen LogP contribution in [0.2, 0.25) is 0 Å². The molecule has 0 saturated carbocycles. The largest absolute Gasteiger partial charge is 0.502 e. The van der Waals surface area contributed by atoms with Crippen molar-refractivity contribution >= 4 is 23.8 Å². The number of nitrogens with zero attached hydrogens (tertiary/aromatic N) is 2. The van der Waals surface area contributed by atoms with Gasteiger partial charge in [0.05, 0.1) is 14.2 Å². The summed E-state index contributed by atoms with van der Waals surface area (Å²) in [5, 5.41) is 26.7. The summed E-state index contributed by atoms with van der Waals surface area (Å²) in [6.07, 6.45) is 1.39. The van der Waals surface area contributed by atoms with Gasteiger partial charge in [-0.25, -0.2) is 4.79 Å². The molecular formula is C14H14N2O6S. The number of phenolic OH excluding ortho intramolecular Hbond substituents is 1. The van der Waals surface area contributed by atoms with E-state index < -0.39 is 5.97 Å². The van der Waals surface area contributed by atoms with Crippen LogP contribution in [0.5, 0.6) is 17.2 Å². The van der Waals surface area contributed by atoms with E-state index in [-0.39, 0.29) is 27.4 Å². The lowest BCUT2D eigenvalue weighted by molar-refractivity contribution is -0.131. The highest BCUT2D eigenvalue weighted by molar-refractivity contribution is 8.03. The van der Waals surface area contributed by atoms with Gasteiger partial charge >= 0.3 is 5.97 Å². The normalized spacial score (nSPS) is 11.3. The number of phenols is 1. The first-order valence-electron chi connectivity index (χ1n) is 6.32. The number of benzene rings is 1. The number of aryl methyl sites for hydroxylation is 1. The fourth-order valence-corrected chi connectivity index (χ4v) is 2.41. The molecule has 0 bridgehead atoms. The third kappa shape index (κ3) is 3.95. The number of hydrogen-bond donors (Lipinski definition) is 2. The SMILES string of the molecule is COc1cc(/C=C(\Sc2nnc(C)o2)C(=O)O)cc(OC)c1O. The third-order valence-electron chi connectivity index (χ3n) is 2.72. The number of ether oxygens (including phenoxy) is 2. The zero-order chi connectivity index (χ0) is 17.0. The van der Waals surface area contributed by atoms with Gasteiger partial charge in [-0.1, -0.05) is 0 Å². The molecule has 0 fully saturated rings. The van der Waals surface area contributed by atoms with Crippen LogP contribution in [0.1, 0.15) is 11.5 Å². The second kappa shape index (κ2) is 7.05. The van der Waals surface area contributed by atoms with Crippen molar-refractivity contribution in [1.82, 2.24) is 10.2 Å². The minimum absolute atomic E-state index is 0.0385. The number of aliphatic carboxylic acids is 1. The van der Waals surface area contributed by atoms with Crippen molar-refractivity contribution in [2.75, 3.05) is 14.2 Å². The molecule has 0 aliphatic carbocycles. The van der Waals surface area contributed by atoms with E-state index in [1.165, 1.54) is 32.4 Å². The predicted octanol–water partition coefficient (Wildman–Crippen LogP) is 2.32. The van der Waals surface area contributed by atoms with Gasteiger partial charge in [0, 0.05) is 6.92 Å². The molecule has 0 saturated heterocycles. The van der Waals surface area contributed by atoms with Crippen LogP contribution in [0, 0.1) is 6.92 Å². The number of carboxylic acid groups (broad SMARTS) is 1. The molecule has 0 radical (unpaired) electrons. The van der Waals surface area contributed by atoms with Gasteiger partial charge in [-0.05, 0) is 35.5 Å². The van der Waals surface area contributed by atoms with Gasteiger partial charge in [0.15, 0.2) is 11.5 Å². The van der Waals surface area contributed by atoms with Crippen LogP contribution in [0.15, 0.2) is 26.7 Å². The Balaban J connectivity index is 2.41. The van der Waals surface area contributed by atoms with E-state index in [9.17, 15) is 15.0 Å². The fourth-order valence-electron chi connectivity index (χ4n) is 1.70. The number of carboxylic acids is 1. The Labute approximate surface area is 135 Å². The Hall–Kier alpha value is -2.68. The number of methoxy groups -OCH3 is 2. The standard InChI is InChI=1S/C14H14N2O6S/c1-7-15-16-14(22-7)23-11(13(18)19)6-8-4-9(20-2)12(17)10(5-8)21-3/h4-6,17H,1-3H3,(H,18,19)/b11-6-. The molecule has 1 aromatic carbocycles. The number of aromatic nitrogens is 2. The van der Waals surface area contributed by atoms with Crippen molar-refractivity contribution in [3.05, 3.63) is 28.5 Å². The summed E-state index contributed by atoms with van der Waals surface area (Å²) in [7, 11) is 2.77. The summed E-state index contributed by atoms with van der Waals surface area (Å²) in [6.45, 7) is 1.61. The maximum atomic E-state index is 11.4. The molecule has 0 amide bonds. The molecule has 2 N–H and O–H groups in total. The zero-order valence-corrected chi connectivity index (χ0v) is 13.4. The number of carbonyl (C=O) groups is 1. The van der Waals surface area contributed by atoms with Crippen molar-refractivity contribution < 1.29 is 28.9 Å². The van der Waals surface area contributed by atoms with Gasteiger partial charge in [-0.3, -0.25) is 0 Å². The zero-order valence-electron chi connectivity index (χ0n) is 12.6. The number of thioether (sulfide) groups is 1. The van der Waals surface area contributed by atoms with E-state index in [2.05, 4.69) is 10.2 Å². The van der Waals surface area contributed by atoms with Crippen molar-refractivity contribution in [3.8, 4) is 17.2 Å². The van der Waals surface area contributed by atoms with Gasteiger partial charge in [0.25, 0.3) is 5.22 Å². The summed E-state index contributed by atoms with van der Waals surface area (Å²) in [4.78, 5) is 11.4. The Bertz CT molecular complexity index is 730. The topological polar surface area (TPSA) is 115 Å². The summed E-state index contributed by atoms with van der Waals surface area (Å²) in [5.41, 5.74) is 0.470. The molecule has 0 aliphatic rings. The Kier molecular flexibility index (Phi) is 5.12. The average Bonchev–Trinajstić information content (AvgIpc) is 2.93. The van der Waals surface area contributed by atoms with E-state index in [4.69, 9.17) is 13.9 Å². The lowest BCUT2D eigenvalue weighted by Crippen LogP contribution is -1.97. The first kappa shape index (κ1) is 16.7. The molecule has 0 atom stereocenters. The summed E-state index contributed by atoms with van der Waals surface area (Å²) in [5.74, 6) is -0.649. The van der Waals surface area contributed by atoms with Gasteiger partial charge in [-0.2, -0.15) is 0 Å². The average molecular weight is 338 g/mol. The second-order valence-corrected chi connectivity index (χ2v) is 5.27. The van der Waals surface area contributed by atoms with Crippen LogP contribution in [-0.2, 0) is 4.79 Å². The van der Waals surface area contributed by atoms with Crippen LogP contribution in [0.25, 0.3) is 6.08 Å². The van der Waals surface area contributed by atoms with Crippen LogP contribution >= 0.6 is 11.8 Å². The number of rotatable bonds is 6. The van der Waals surface area contributed by atoms with Crippen molar-refractivity contribution in [1.29, 1.82) is 0 Å². The van der Waals surface area contributed by atoms with E-state index in [1.54, 1.807) is 6.92 Å². The maximum Gasteiger partial charge on any atom is 0.342 e. The van der Waals surface area contributed by atoms with E-state index in [0.29, 0.717) is 11.5 Å². The molecule has 0 aliphatic heterocycles. The van der Waals surface area contributed by atoms with Gasteiger partial charge in [0.1, 0.15) is 4.91 Å². The van der Waals surface area contributed by atoms with Gasteiger partial charge in [0.2, 0.25) is 11.6 Å². The molecular weight excluding hydrogens is 324 g/mol. The van der Waals surface area contributed by atoms with Crippen LogP contribution in [0.4, 0.5) is 0 Å². The highest BCUT2D eigenvalue weighted by Crippen LogP contribution is 2.38.